The lowest BCUT2D eigenvalue weighted by atomic mass is 10.2. The Balaban J connectivity index is 1.98. The summed E-state index contributed by atoms with van der Waals surface area (Å²) in [6.07, 6.45) is 0. The molecule has 0 fully saturated rings. The van der Waals surface area contributed by atoms with E-state index in [1.807, 2.05) is 24.3 Å². The molecule has 4 heteroatoms. The Morgan fingerprint density at radius 1 is 1.18 bits per heavy atom. The molecule has 0 saturated carbocycles. The Morgan fingerprint density at radius 3 is 2.59 bits per heavy atom. The van der Waals surface area contributed by atoms with Gasteiger partial charge in [-0.05, 0) is 30.8 Å². The van der Waals surface area contributed by atoms with Crippen LogP contribution in [0.2, 0.25) is 4.34 Å². The van der Waals surface area contributed by atoms with Crippen LogP contribution in [0.1, 0.15) is 10.4 Å². The maximum Gasteiger partial charge on any atom is 0.0931 e. The SMILES string of the molecule is CN(Cc1ccc(Cl)s1)Cc1ccccc1N. The van der Waals surface area contributed by atoms with Gasteiger partial charge < -0.3 is 5.73 Å². The average molecular weight is 267 g/mol. The van der Waals surface area contributed by atoms with E-state index in [2.05, 4.69) is 24.1 Å². The highest BCUT2D eigenvalue weighted by atomic mass is 35.5. The largest absolute Gasteiger partial charge is 0.398 e. The lowest BCUT2D eigenvalue weighted by Crippen LogP contribution is -2.17. The molecule has 0 amide bonds. The quantitative estimate of drug-likeness (QED) is 0.857. The molecule has 0 radical (unpaired) electrons. The molecule has 90 valence electrons. The van der Waals surface area contributed by atoms with Gasteiger partial charge in [0, 0.05) is 23.7 Å². The van der Waals surface area contributed by atoms with Crippen LogP contribution in [0, 0.1) is 0 Å². The summed E-state index contributed by atoms with van der Waals surface area (Å²) in [6, 6.07) is 12.0. The summed E-state index contributed by atoms with van der Waals surface area (Å²) in [7, 11) is 2.08. The molecule has 17 heavy (non-hydrogen) atoms. The number of benzene rings is 1. The standard InChI is InChI=1S/C13H15ClN2S/c1-16(9-11-6-7-13(14)17-11)8-10-4-2-3-5-12(10)15/h2-7H,8-9,15H2,1H3. The van der Waals surface area contributed by atoms with Gasteiger partial charge in [0.1, 0.15) is 0 Å². The molecule has 1 heterocycles. The molecule has 0 aliphatic carbocycles. The molecule has 0 spiro atoms. The zero-order valence-electron chi connectivity index (χ0n) is 9.69. The molecule has 0 bridgehead atoms. The molecule has 2 rings (SSSR count). The molecule has 2 aromatic rings. The third-order valence-corrected chi connectivity index (χ3v) is 3.77. The van der Waals surface area contributed by atoms with Gasteiger partial charge in [-0.1, -0.05) is 29.8 Å². The lowest BCUT2D eigenvalue weighted by molar-refractivity contribution is 0.322. The van der Waals surface area contributed by atoms with Gasteiger partial charge in [0.2, 0.25) is 0 Å². The number of halogens is 1. The van der Waals surface area contributed by atoms with Crippen LogP contribution in [0.4, 0.5) is 5.69 Å². The first-order valence-electron chi connectivity index (χ1n) is 5.41. The highest BCUT2D eigenvalue weighted by Crippen LogP contribution is 2.23. The third-order valence-electron chi connectivity index (χ3n) is 2.55. The van der Waals surface area contributed by atoms with Crippen LogP contribution in [-0.2, 0) is 13.1 Å². The van der Waals surface area contributed by atoms with Crippen LogP contribution in [0.25, 0.3) is 0 Å². The van der Waals surface area contributed by atoms with E-state index < -0.39 is 0 Å². The molecule has 2 nitrogen and oxygen atoms in total. The van der Waals surface area contributed by atoms with Crippen molar-refractivity contribution in [1.29, 1.82) is 0 Å². The van der Waals surface area contributed by atoms with E-state index in [0.29, 0.717) is 0 Å². The minimum atomic E-state index is 0.840. The highest BCUT2D eigenvalue weighted by molar-refractivity contribution is 7.16. The van der Waals surface area contributed by atoms with Crippen LogP contribution in [-0.4, -0.2) is 11.9 Å². The maximum atomic E-state index is 5.92. The van der Waals surface area contributed by atoms with E-state index in [1.165, 1.54) is 4.88 Å². The fourth-order valence-corrected chi connectivity index (χ4v) is 2.90. The third kappa shape index (κ3) is 3.46. The summed E-state index contributed by atoms with van der Waals surface area (Å²) in [4.78, 5) is 3.50. The van der Waals surface area contributed by atoms with Gasteiger partial charge in [-0.3, -0.25) is 4.90 Å². The van der Waals surface area contributed by atoms with E-state index in [9.17, 15) is 0 Å². The predicted molar refractivity (Wildman–Crippen MR) is 75.4 cm³/mol. The molecular formula is C13H15ClN2S. The number of hydrogen-bond donors (Lipinski definition) is 1. The normalized spacial score (nSPS) is 11.0. The van der Waals surface area contributed by atoms with Gasteiger partial charge in [-0.25, -0.2) is 0 Å². The van der Waals surface area contributed by atoms with Gasteiger partial charge in [0.05, 0.1) is 4.34 Å². The number of nitrogen functional groups attached to an aromatic ring is 1. The first kappa shape index (κ1) is 12.4. The van der Waals surface area contributed by atoms with E-state index in [-0.39, 0.29) is 0 Å². The number of hydrogen-bond acceptors (Lipinski definition) is 3. The number of para-hydroxylation sites is 1. The van der Waals surface area contributed by atoms with Crippen molar-refractivity contribution in [3.05, 3.63) is 51.2 Å². The topological polar surface area (TPSA) is 29.3 Å². The van der Waals surface area contributed by atoms with E-state index in [1.54, 1.807) is 11.3 Å². The number of thiophene rings is 1. The number of anilines is 1. The van der Waals surface area contributed by atoms with Gasteiger partial charge in [-0.2, -0.15) is 0 Å². The summed E-state index contributed by atoms with van der Waals surface area (Å²) in [6.45, 7) is 1.74. The molecule has 1 aromatic heterocycles. The van der Waals surface area contributed by atoms with Gasteiger partial charge >= 0.3 is 0 Å². The van der Waals surface area contributed by atoms with Crippen molar-refractivity contribution in [3.63, 3.8) is 0 Å². The Kier molecular flexibility index (Phi) is 4.05. The van der Waals surface area contributed by atoms with Crippen molar-refractivity contribution in [2.45, 2.75) is 13.1 Å². The van der Waals surface area contributed by atoms with E-state index >= 15 is 0 Å². The molecular weight excluding hydrogens is 252 g/mol. The highest BCUT2D eigenvalue weighted by Gasteiger charge is 2.05. The zero-order chi connectivity index (χ0) is 12.3. The summed E-state index contributed by atoms with van der Waals surface area (Å²) in [5.74, 6) is 0. The summed E-state index contributed by atoms with van der Waals surface area (Å²) >= 11 is 7.53. The van der Waals surface area contributed by atoms with Gasteiger partial charge in [0.25, 0.3) is 0 Å². The van der Waals surface area contributed by atoms with Crippen molar-refractivity contribution in [1.82, 2.24) is 4.90 Å². The summed E-state index contributed by atoms with van der Waals surface area (Å²) < 4.78 is 0.840. The van der Waals surface area contributed by atoms with E-state index in [0.717, 1.165) is 28.7 Å². The van der Waals surface area contributed by atoms with Crippen molar-refractivity contribution in [2.75, 3.05) is 12.8 Å². The second-order valence-electron chi connectivity index (χ2n) is 4.08. The molecule has 2 N–H and O–H groups in total. The number of nitrogens with zero attached hydrogens (tertiary/aromatic N) is 1. The maximum absolute atomic E-state index is 5.92. The monoisotopic (exact) mass is 266 g/mol. The Morgan fingerprint density at radius 2 is 1.94 bits per heavy atom. The molecule has 0 atom stereocenters. The molecule has 0 aliphatic heterocycles. The predicted octanol–water partition coefficient (Wildman–Crippen LogP) is 3.62. The second kappa shape index (κ2) is 5.54. The molecule has 1 aromatic carbocycles. The number of nitrogens with two attached hydrogens (primary N) is 1. The van der Waals surface area contributed by atoms with Crippen LogP contribution in [0.3, 0.4) is 0 Å². The van der Waals surface area contributed by atoms with Crippen molar-refractivity contribution < 1.29 is 0 Å². The van der Waals surface area contributed by atoms with Gasteiger partial charge in [0.15, 0.2) is 0 Å². The lowest BCUT2D eigenvalue weighted by Gasteiger charge is -2.16. The van der Waals surface area contributed by atoms with Crippen LogP contribution in [0.5, 0.6) is 0 Å². The fraction of sp³-hybridized carbons (Fsp3) is 0.231. The van der Waals surface area contributed by atoms with Crippen LogP contribution in [0.15, 0.2) is 36.4 Å². The van der Waals surface area contributed by atoms with E-state index in [4.69, 9.17) is 17.3 Å². The first-order chi connectivity index (χ1) is 8.15. The van der Waals surface area contributed by atoms with Crippen molar-refractivity contribution in [3.8, 4) is 0 Å². The zero-order valence-corrected chi connectivity index (χ0v) is 11.3. The number of rotatable bonds is 4. The summed E-state index contributed by atoms with van der Waals surface area (Å²) in [5.41, 5.74) is 7.94. The summed E-state index contributed by atoms with van der Waals surface area (Å²) in [5, 5.41) is 0. The molecule has 0 aliphatic rings. The van der Waals surface area contributed by atoms with Crippen molar-refractivity contribution >= 4 is 28.6 Å². The van der Waals surface area contributed by atoms with Gasteiger partial charge in [-0.15, -0.1) is 11.3 Å². The Labute approximate surface area is 111 Å². The Bertz CT molecular complexity index is 496. The average Bonchev–Trinajstić information content (AvgIpc) is 2.67. The van der Waals surface area contributed by atoms with Crippen LogP contribution < -0.4 is 5.73 Å². The minimum Gasteiger partial charge on any atom is -0.398 e. The fourth-order valence-electron chi connectivity index (χ4n) is 1.73. The Hall–Kier alpha value is -1.03. The second-order valence-corrected chi connectivity index (χ2v) is 5.88. The minimum absolute atomic E-state index is 0.840. The van der Waals surface area contributed by atoms with Crippen molar-refractivity contribution in [2.24, 2.45) is 0 Å². The molecule has 0 saturated heterocycles. The van der Waals surface area contributed by atoms with Crippen LogP contribution >= 0.6 is 22.9 Å². The first-order valence-corrected chi connectivity index (χ1v) is 6.61. The molecule has 0 unspecified atom stereocenters. The smallest absolute Gasteiger partial charge is 0.0931 e.